The number of hydrogen-bond acceptors (Lipinski definition) is 4. The summed E-state index contributed by atoms with van der Waals surface area (Å²) < 4.78 is 7.13. The highest BCUT2D eigenvalue weighted by molar-refractivity contribution is 6.30. The van der Waals surface area contributed by atoms with Crippen molar-refractivity contribution in [2.45, 2.75) is 13.2 Å². The van der Waals surface area contributed by atoms with Crippen molar-refractivity contribution in [2.75, 3.05) is 5.32 Å². The summed E-state index contributed by atoms with van der Waals surface area (Å²) in [7, 11) is 0. The molecule has 1 N–H and O–H groups in total. The predicted octanol–water partition coefficient (Wildman–Crippen LogP) is 4.21. The molecule has 1 heterocycles. The molecule has 3 rings (SSSR count). The maximum Gasteiger partial charge on any atom is 0.412 e. The van der Waals surface area contributed by atoms with E-state index >= 15 is 0 Å². The predicted molar refractivity (Wildman–Crippen MR) is 97.7 cm³/mol. The van der Waals surface area contributed by atoms with Crippen molar-refractivity contribution < 1.29 is 9.53 Å². The highest BCUT2D eigenvalue weighted by Gasteiger charge is 2.08. The third kappa shape index (κ3) is 4.62. The second kappa shape index (κ2) is 8.19. The second-order valence-electron chi connectivity index (χ2n) is 5.53. The summed E-state index contributed by atoms with van der Waals surface area (Å²) in [5.74, 6) is 0. The number of hydrogen-bond donors (Lipinski definition) is 1. The van der Waals surface area contributed by atoms with Gasteiger partial charge in [0.1, 0.15) is 6.61 Å². The molecule has 3 aromatic rings. The molecule has 0 atom stereocenters. The van der Waals surface area contributed by atoms with Crippen molar-refractivity contribution in [1.82, 2.24) is 9.55 Å². The van der Waals surface area contributed by atoms with E-state index in [-0.39, 0.29) is 6.61 Å². The number of imidazole rings is 1. The van der Waals surface area contributed by atoms with E-state index < -0.39 is 6.09 Å². The van der Waals surface area contributed by atoms with Crippen molar-refractivity contribution >= 4 is 23.4 Å². The maximum absolute atomic E-state index is 11.9. The summed E-state index contributed by atoms with van der Waals surface area (Å²) in [4.78, 5) is 16.0. The Hall–Kier alpha value is -3.30. The van der Waals surface area contributed by atoms with Gasteiger partial charge in [-0.1, -0.05) is 29.8 Å². The van der Waals surface area contributed by atoms with Gasteiger partial charge in [-0.2, -0.15) is 5.26 Å². The average molecular weight is 367 g/mol. The Bertz CT molecular complexity index is 945. The molecule has 0 radical (unpaired) electrons. The molecule has 0 aliphatic heterocycles. The smallest absolute Gasteiger partial charge is 0.412 e. The largest absolute Gasteiger partial charge is 0.443 e. The van der Waals surface area contributed by atoms with E-state index in [1.807, 2.05) is 16.7 Å². The minimum atomic E-state index is -0.571. The van der Waals surface area contributed by atoms with Gasteiger partial charge in [0.05, 0.1) is 29.9 Å². The highest BCUT2D eigenvalue weighted by Crippen LogP contribution is 2.15. The standard InChI is InChI=1S/C19H15ClN4O2/c20-16-2-1-3-17(8-16)23-19(25)26-12-18-10-22-13-24(18)11-15-6-4-14(9-21)5-7-15/h1-8,10,13H,11-12H2,(H,23,25). The van der Waals surface area contributed by atoms with Gasteiger partial charge in [-0.25, -0.2) is 9.78 Å². The fourth-order valence-electron chi connectivity index (χ4n) is 2.35. The van der Waals surface area contributed by atoms with Gasteiger partial charge in [0.2, 0.25) is 0 Å². The quantitative estimate of drug-likeness (QED) is 0.733. The number of carbonyl (C=O) groups excluding carboxylic acids is 1. The van der Waals surface area contributed by atoms with Crippen LogP contribution in [0.15, 0.2) is 61.1 Å². The lowest BCUT2D eigenvalue weighted by molar-refractivity contribution is 0.152. The molecule has 2 aromatic carbocycles. The van der Waals surface area contributed by atoms with Crippen molar-refractivity contribution in [3.05, 3.63) is 82.9 Å². The van der Waals surface area contributed by atoms with Crippen LogP contribution in [0.4, 0.5) is 10.5 Å². The van der Waals surface area contributed by atoms with E-state index in [4.69, 9.17) is 21.6 Å². The molecule has 0 saturated heterocycles. The first-order chi connectivity index (χ1) is 12.6. The van der Waals surface area contributed by atoms with Crippen LogP contribution in [0.5, 0.6) is 0 Å². The molecule has 0 saturated carbocycles. The number of nitriles is 1. The summed E-state index contributed by atoms with van der Waals surface area (Å²) in [6.45, 7) is 0.656. The molecule has 0 aliphatic rings. The SMILES string of the molecule is N#Cc1ccc(Cn2cncc2COC(=O)Nc2cccc(Cl)c2)cc1. The minimum absolute atomic E-state index is 0.0860. The Morgan fingerprint density at radius 2 is 2.08 bits per heavy atom. The van der Waals surface area contributed by atoms with Crippen molar-refractivity contribution in [3.63, 3.8) is 0 Å². The van der Waals surface area contributed by atoms with Gasteiger partial charge in [0, 0.05) is 17.3 Å². The van der Waals surface area contributed by atoms with Crippen molar-refractivity contribution in [1.29, 1.82) is 5.26 Å². The van der Waals surface area contributed by atoms with Gasteiger partial charge in [-0.05, 0) is 35.9 Å². The van der Waals surface area contributed by atoms with Crippen LogP contribution in [-0.2, 0) is 17.9 Å². The number of nitrogens with zero attached hydrogens (tertiary/aromatic N) is 3. The molecule has 0 unspecified atom stereocenters. The fourth-order valence-corrected chi connectivity index (χ4v) is 2.54. The molecule has 130 valence electrons. The molecule has 7 heteroatoms. The number of halogens is 1. The molecule has 26 heavy (non-hydrogen) atoms. The molecular weight excluding hydrogens is 352 g/mol. The summed E-state index contributed by atoms with van der Waals surface area (Å²) >= 11 is 5.88. The van der Waals surface area contributed by atoms with Crippen LogP contribution in [0.2, 0.25) is 5.02 Å². The van der Waals surface area contributed by atoms with E-state index in [0.29, 0.717) is 22.8 Å². The lowest BCUT2D eigenvalue weighted by Gasteiger charge is -2.10. The monoisotopic (exact) mass is 366 g/mol. The van der Waals surface area contributed by atoms with Gasteiger partial charge in [-0.3, -0.25) is 5.32 Å². The zero-order chi connectivity index (χ0) is 18.4. The second-order valence-corrected chi connectivity index (χ2v) is 5.97. The molecular formula is C19H15ClN4O2. The number of nitrogens with one attached hydrogen (secondary N) is 1. The summed E-state index contributed by atoms with van der Waals surface area (Å²) in [5, 5.41) is 12.0. The maximum atomic E-state index is 11.9. The molecule has 1 amide bonds. The van der Waals surface area contributed by atoms with Gasteiger partial charge < -0.3 is 9.30 Å². The Kier molecular flexibility index (Phi) is 5.52. The Balaban J connectivity index is 1.58. The van der Waals surface area contributed by atoms with Gasteiger partial charge >= 0.3 is 6.09 Å². The van der Waals surface area contributed by atoms with E-state index in [1.165, 1.54) is 0 Å². The molecule has 6 nitrogen and oxygen atoms in total. The van der Waals surface area contributed by atoms with Crippen LogP contribution < -0.4 is 5.32 Å². The first kappa shape index (κ1) is 17.5. The molecule has 0 fully saturated rings. The Labute approximate surface area is 155 Å². The van der Waals surface area contributed by atoms with Crippen LogP contribution in [0.25, 0.3) is 0 Å². The number of carbonyl (C=O) groups is 1. The van der Waals surface area contributed by atoms with Crippen LogP contribution in [-0.4, -0.2) is 15.6 Å². The first-order valence-electron chi connectivity index (χ1n) is 7.81. The number of ether oxygens (including phenoxy) is 1. The average Bonchev–Trinajstić information content (AvgIpc) is 3.08. The number of rotatable bonds is 5. The van der Waals surface area contributed by atoms with E-state index in [0.717, 1.165) is 11.3 Å². The van der Waals surface area contributed by atoms with E-state index in [2.05, 4.69) is 16.4 Å². The van der Waals surface area contributed by atoms with Gasteiger partial charge in [-0.15, -0.1) is 0 Å². The van der Waals surface area contributed by atoms with Crippen molar-refractivity contribution in [2.24, 2.45) is 0 Å². The van der Waals surface area contributed by atoms with Crippen molar-refractivity contribution in [3.8, 4) is 6.07 Å². The molecule has 0 aliphatic carbocycles. The third-order valence-corrected chi connectivity index (χ3v) is 3.89. The highest BCUT2D eigenvalue weighted by atomic mass is 35.5. The lowest BCUT2D eigenvalue weighted by Crippen LogP contribution is -2.15. The van der Waals surface area contributed by atoms with Crippen LogP contribution in [0, 0.1) is 11.3 Å². The topological polar surface area (TPSA) is 79.9 Å². The number of benzene rings is 2. The zero-order valence-corrected chi connectivity index (χ0v) is 14.5. The third-order valence-electron chi connectivity index (χ3n) is 3.66. The van der Waals surface area contributed by atoms with Crippen LogP contribution >= 0.6 is 11.6 Å². The van der Waals surface area contributed by atoms with Gasteiger partial charge in [0.15, 0.2) is 0 Å². The van der Waals surface area contributed by atoms with E-state index in [1.54, 1.807) is 48.9 Å². The van der Waals surface area contributed by atoms with Gasteiger partial charge in [0.25, 0.3) is 0 Å². The lowest BCUT2D eigenvalue weighted by atomic mass is 10.1. The summed E-state index contributed by atoms with van der Waals surface area (Å²) in [6, 6.07) is 16.2. The number of amides is 1. The summed E-state index contributed by atoms with van der Waals surface area (Å²) in [5.41, 5.74) is 2.96. The van der Waals surface area contributed by atoms with Crippen LogP contribution in [0.1, 0.15) is 16.8 Å². The Morgan fingerprint density at radius 3 is 2.81 bits per heavy atom. The first-order valence-corrected chi connectivity index (χ1v) is 8.19. The zero-order valence-electron chi connectivity index (χ0n) is 13.7. The molecule has 0 bridgehead atoms. The van der Waals surface area contributed by atoms with Crippen LogP contribution in [0.3, 0.4) is 0 Å². The number of anilines is 1. The Morgan fingerprint density at radius 1 is 1.27 bits per heavy atom. The summed E-state index contributed by atoms with van der Waals surface area (Å²) in [6.07, 6.45) is 2.75. The fraction of sp³-hybridized carbons (Fsp3) is 0.105. The number of aromatic nitrogens is 2. The normalized spacial score (nSPS) is 10.2. The minimum Gasteiger partial charge on any atom is -0.443 e. The molecule has 1 aromatic heterocycles. The van der Waals surface area contributed by atoms with E-state index in [9.17, 15) is 4.79 Å². The molecule has 0 spiro atoms.